The third-order valence-corrected chi connectivity index (χ3v) is 1.83. The SMILES string of the molecule is CCOC(=O)[C@H](N)CC(C)CN=C(N)N. The number of aliphatic imine (C=N–C) groups is 1. The van der Waals surface area contributed by atoms with Crippen molar-refractivity contribution in [2.75, 3.05) is 13.2 Å². The van der Waals surface area contributed by atoms with Crippen LogP contribution < -0.4 is 17.2 Å². The van der Waals surface area contributed by atoms with Crippen molar-refractivity contribution in [2.45, 2.75) is 26.3 Å². The summed E-state index contributed by atoms with van der Waals surface area (Å²) in [5, 5.41) is 0. The Morgan fingerprint density at radius 3 is 2.53 bits per heavy atom. The molecule has 0 spiro atoms. The Kier molecular flexibility index (Phi) is 6.44. The molecule has 15 heavy (non-hydrogen) atoms. The van der Waals surface area contributed by atoms with Crippen LogP contribution in [0.1, 0.15) is 20.3 Å². The monoisotopic (exact) mass is 216 g/mol. The molecule has 6 N–H and O–H groups in total. The molecule has 0 aliphatic heterocycles. The van der Waals surface area contributed by atoms with Crippen molar-refractivity contribution in [3.63, 3.8) is 0 Å². The fourth-order valence-electron chi connectivity index (χ4n) is 1.11. The Labute approximate surface area is 89.8 Å². The van der Waals surface area contributed by atoms with E-state index in [4.69, 9.17) is 21.9 Å². The van der Waals surface area contributed by atoms with Gasteiger partial charge >= 0.3 is 5.97 Å². The van der Waals surface area contributed by atoms with Crippen LogP contribution in [0.5, 0.6) is 0 Å². The maximum atomic E-state index is 11.2. The van der Waals surface area contributed by atoms with Gasteiger partial charge in [-0.05, 0) is 19.3 Å². The molecule has 0 bridgehead atoms. The zero-order valence-corrected chi connectivity index (χ0v) is 9.27. The number of ether oxygens (including phenoxy) is 1. The maximum absolute atomic E-state index is 11.2. The summed E-state index contributed by atoms with van der Waals surface area (Å²) in [6, 6.07) is -0.603. The van der Waals surface area contributed by atoms with Crippen LogP contribution in [0.25, 0.3) is 0 Å². The first-order valence-corrected chi connectivity index (χ1v) is 4.95. The Hall–Kier alpha value is -1.30. The van der Waals surface area contributed by atoms with Gasteiger partial charge in [-0.3, -0.25) is 9.79 Å². The van der Waals surface area contributed by atoms with Gasteiger partial charge in [-0.15, -0.1) is 0 Å². The molecule has 0 radical (unpaired) electrons. The number of nitrogens with two attached hydrogens (primary N) is 3. The van der Waals surface area contributed by atoms with Crippen LogP contribution >= 0.6 is 0 Å². The molecule has 0 aromatic rings. The van der Waals surface area contributed by atoms with Gasteiger partial charge in [0.25, 0.3) is 0 Å². The Morgan fingerprint density at radius 2 is 2.07 bits per heavy atom. The summed E-state index contributed by atoms with van der Waals surface area (Å²) in [7, 11) is 0. The van der Waals surface area contributed by atoms with E-state index < -0.39 is 6.04 Å². The topological polar surface area (TPSA) is 117 Å². The molecule has 0 saturated carbocycles. The lowest BCUT2D eigenvalue weighted by atomic mass is 10.0. The molecule has 6 heteroatoms. The fourth-order valence-corrected chi connectivity index (χ4v) is 1.11. The molecule has 0 aliphatic rings. The quantitative estimate of drug-likeness (QED) is 0.304. The molecule has 0 amide bonds. The molecule has 0 aliphatic carbocycles. The first-order valence-electron chi connectivity index (χ1n) is 4.95. The summed E-state index contributed by atoms with van der Waals surface area (Å²) in [5.41, 5.74) is 16.0. The smallest absolute Gasteiger partial charge is 0.322 e. The van der Waals surface area contributed by atoms with Crippen molar-refractivity contribution in [3.05, 3.63) is 0 Å². The van der Waals surface area contributed by atoms with Crippen molar-refractivity contribution in [3.8, 4) is 0 Å². The summed E-state index contributed by atoms with van der Waals surface area (Å²) in [6.07, 6.45) is 0.510. The zero-order chi connectivity index (χ0) is 11.8. The van der Waals surface area contributed by atoms with E-state index in [-0.39, 0.29) is 17.8 Å². The van der Waals surface area contributed by atoms with Gasteiger partial charge in [0.2, 0.25) is 0 Å². The van der Waals surface area contributed by atoms with Gasteiger partial charge in [0, 0.05) is 6.54 Å². The van der Waals surface area contributed by atoms with Gasteiger partial charge in [0.05, 0.1) is 6.61 Å². The normalized spacial score (nSPS) is 14.1. The average molecular weight is 216 g/mol. The molecule has 2 atom stereocenters. The van der Waals surface area contributed by atoms with Crippen LogP contribution in [0.2, 0.25) is 0 Å². The Bertz CT molecular complexity index is 226. The molecule has 88 valence electrons. The predicted octanol–water partition coefficient (Wildman–Crippen LogP) is -0.824. The van der Waals surface area contributed by atoms with Crippen molar-refractivity contribution < 1.29 is 9.53 Å². The Balaban J connectivity index is 3.90. The minimum absolute atomic E-state index is 0.0477. The van der Waals surface area contributed by atoms with E-state index in [2.05, 4.69) is 4.99 Å². The van der Waals surface area contributed by atoms with Gasteiger partial charge in [0.1, 0.15) is 6.04 Å². The Morgan fingerprint density at radius 1 is 1.47 bits per heavy atom. The van der Waals surface area contributed by atoms with Crippen LogP contribution in [0, 0.1) is 5.92 Å². The highest BCUT2D eigenvalue weighted by atomic mass is 16.5. The summed E-state index contributed by atoms with van der Waals surface area (Å²) >= 11 is 0. The van der Waals surface area contributed by atoms with E-state index in [1.165, 1.54) is 0 Å². The molecular weight excluding hydrogens is 196 g/mol. The third-order valence-electron chi connectivity index (χ3n) is 1.83. The van der Waals surface area contributed by atoms with Crippen molar-refractivity contribution in [1.82, 2.24) is 0 Å². The summed E-state index contributed by atoms with van der Waals surface area (Å²) < 4.78 is 4.78. The van der Waals surface area contributed by atoms with Crippen molar-refractivity contribution in [1.29, 1.82) is 0 Å². The van der Waals surface area contributed by atoms with Crippen molar-refractivity contribution >= 4 is 11.9 Å². The lowest BCUT2D eigenvalue weighted by Gasteiger charge is -2.14. The fraction of sp³-hybridized carbons (Fsp3) is 0.778. The van der Waals surface area contributed by atoms with E-state index in [1.807, 2.05) is 6.92 Å². The molecular formula is C9H20N4O2. The number of rotatable bonds is 6. The highest BCUT2D eigenvalue weighted by Gasteiger charge is 2.17. The molecule has 0 saturated heterocycles. The van der Waals surface area contributed by atoms with Gasteiger partial charge < -0.3 is 21.9 Å². The van der Waals surface area contributed by atoms with E-state index >= 15 is 0 Å². The lowest BCUT2D eigenvalue weighted by molar-refractivity contribution is -0.145. The summed E-state index contributed by atoms with van der Waals surface area (Å²) in [4.78, 5) is 15.0. The number of hydrogen-bond donors (Lipinski definition) is 3. The molecule has 6 nitrogen and oxygen atoms in total. The van der Waals surface area contributed by atoms with E-state index in [1.54, 1.807) is 6.92 Å². The summed E-state index contributed by atoms with van der Waals surface area (Å²) in [6.45, 7) is 4.48. The minimum Gasteiger partial charge on any atom is -0.465 e. The van der Waals surface area contributed by atoms with Crippen LogP contribution in [0.3, 0.4) is 0 Å². The number of carbonyl (C=O) groups excluding carboxylic acids is 1. The highest BCUT2D eigenvalue weighted by molar-refractivity contribution is 5.76. The molecule has 0 aromatic heterocycles. The first-order chi connectivity index (χ1) is 6.97. The minimum atomic E-state index is -0.603. The van der Waals surface area contributed by atoms with Gasteiger partial charge in [-0.1, -0.05) is 6.92 Å². The maximum Gasteiger partial charge on any atom is 0.322 e. The second kappa shape index (κ2) is 7.05. The van der Waals surface area contributed by atoms with E-state index in [0.29, 0.717) is 19.6 Å². The number of esters is 1. The standard InChI is InChI=1S/C9H20N4O2/c1-3-15-8(14)7(10)4-6(2)5-13-9(11)12/h6-7H,3-5,10H2,1-2H3,(H4,11,12,13)/t6?,7-/m1/s1. The van der Waals surface area contributed by atoms with Gasteiger partial charge in [-0.25, -0.2) is 0 Å². The average Bonchev–Trinajstić information content (AvgIpc) is 2.15. The lowest BCUT2D eigenvalue weighted by Crippen LogP contribution is -2.34. The predicted molar refractivity (Wildman–Crippen MR) is 59.1 cm³/mol. The molecule has 0 rings (SSSR count). The second-order valence-electron chi connectivity index (χ2n) is 3.46. The third kappa shape index (κ3) is 6.73. The van der Waals surface area contributed by atoms with Crippen LogP contribution in [0.15, 0.2) is 4.99 Å². The number of carbonyl (C=O) groups is 1. The summed E-state index contributed by atoms with van der Waals surface area (Å²) in [5.74, 6) is -0.188. The molecule has 0 heterocycles. The van der Waals surface area contributed by atoms with E-state index in [9.17, 15) is 4.79 Å². The number of nitrogens with zero attached hydrogens (tertiary/aromatic N) is 1. The molecule has 0 fully saturated rings. The van der Waals surface area contributed by atoms with E-state index in [0.717, 1.165) is 0 Å². The zero-order valence-electron chi connectivity index (χ0n) is 9.27. The highest BCUT2D eigenvalue weighted by Crippen LogP contribution is 2.06. The number of guanidine groups is 1. The van der Waals surface area contributed by atoms with Crippen LogP contribution in [0.4, 0.5) is 0 Å². The molecule has 0 aromatic carbocycles. The largest absolute Gasteiger partial charge is 0.465 e. The second-order valence-corrected chi connectivity index (χ2v) is 3.46. The van der Waals surface area contributed by atoms with Crippen molar-refractivity contribution in [2.24, 2.45) is 28.1 Å². The van der Waals surface area contributed by atoms with Gasteiger partial charge in [-0.2, -0.15) is 0 Å². The number of hydrogen-bond acceptors (Lipinski definition) is 4. The van der Waals surface area contributed by atoms with Gasteiger partial charge in [0.15, 0.2) is 5.96 Å². The van der Waals surface area contributed by atoms with Crippen LogP contribution in [-0.2, 0) is 9.53 Å². The molecule has 1 unspecified atom stereocenters. The first kappa shape index (κ1) is 13.7. The van der Waals surface area contributed by atoms with Crippen LogP contribution in [-0.4, -0.2) is 31.1 Å².